The van der Waals surface area contributed by atoms with E-state index < -0.39 is 0 Å². The number of pyridine rings is 1. The van der Waals surface area contributed by atoms with Gasteiger partial charge in [0.05, 0.1) is 11.9 Å². The first-order valence-corrected chi connectivity index (χ1v) is 12.5. The van der Waals surface area contributed by atoms with Gasteiger partial charge in [0, 0.05) is 29.7 Å². The van der Waals surface area contributed by atoms with E-state index in [1.54, 1.807) is 6.20 Å². The summed E-state index contributed by atoms with van der Waals surface area (Å²) in [4.78, 5) is 31.3. The summed E-state index contributed by atoms with van der Waals surface area (Å²) in [5.41, 5.74) is 5.52. The summed E-state index contributed by atoms with van der Waals surface area (Å²) < 4.78 is 13.6. The molecule has 1 unspecified atom stereocenters. The third-order valence-corrected chi connectivity index (χ3v) is 5.99. The van der Waals surface area contributed by atoms with Crippen LogP contribution in [0.25, 0.3) is 0 Å². The molecular formula is C26H33N3O4S2. The normalized spacial score (nSPS) is 15.4. The van der Waals surface area contributed by atoms with Crippen molar-refractivity contribution in [1.29, 1.82) is 0 Å². The van der Waals surface area contributed by atoms with Crippen LogP contribution in [0.5, 0.6) is 5.75 Å². The van der Waals surface area contributed by atoms with Gasteiger partial charge in [-0.15, -0.1) is 0 Å². The van der Waals surface area contributed by atoms with Crippen molar-refractivity contribution in [2.75, 3.05) is 6.61 Å². The Morgan fingerprint density at radius 1 is 1.20 bits per heavy atom. The van der Waals surface area contributed by atoms with Crippen molar-refractivity contribution in [2.24, 2.45) is 4.99 Å². The molecule has 0 radical (unpaired) electrons. The van der Waals surface area contributed by atoms with E-state index in [-0.39, 0.29) is 16.4 Å². The summed E-state index contributed by atoms with van der Waals surface area (Å²) in [6, 6.07) is 11.7. The van der Waals surface area contributed by atoms with Gasteiger partial charge in [0.25, 0.3) is 5.24 Å². The predicted molar refractivity (Wildman–Crippen MR) is 144 cm³/mol. The second-order valence-electron chi connectivity index (χ2n) is 7.78. The second-order valence-corrected chi connectivity index (χ2v) is 8.96. The van der Waals surface area contributed by atoms with E-state index in [0.717, 1.165) is 47.3 Å². The van der Waals surface area contributed by atoms with Crippen LogP contribution in [0, 0.1) is 6.92 Å². The van der Waals surface area contributed by atoms with Gasteiger partial charge in [0.2, 0.25) is 5.91 Å². The van der Waals surface area contributed by atoms with E-state index in [0.29, 0.717) is 13.0 Å². The van der Waals surface area contributed by atoms with Crippen LogP contribution in [0.3, 0.4) is 0 Å². The van der Waals surface area contributed by atoms with Crippen molar-refractivity contribution in [3.05, 3.63) is 71.2 Å². The fraction of sp³-hybridized carbons (Fsp3) is 0.385. The number of aliphatic imine (C=N–C) groups is 1. The molecule has 1 N–H and O–H groups in total. The number of nitrogens with one attached hydrogen (secondary N) is 1. The summed E-state index contributed by atoms with van der Waals surface area (Å²) >= 11 is 3.88. The van der Waals surface area contributed by atoms with Gasteiger partial charge < -0.3 is 4.74 Å². The number of aryl methyl sites for hydroxylation is 1. The summed E-state index contributed by atoms with van der Waals surface area (Å²) in [7, 11) is 0. The first kappa shape index (κ1) is 30.1. The van der Waals surface area contributed by atoms with Crippen LogP contribution in [-0.2, 0) is 30.2 Å². The minimum absolute atomic E-state index is 0.212. The number of aromatic nitrogens is 1. The van der Waals surface area contributed by atoms with Gasteiger partial charge in [-0.3, -0.25) is 24.9 Å². The molecule has 1 atom stereocenters. The molecule has 188 valence electrons. The summed E-state index contributed by atoms with van der Waals surface area (Å²) in [6.45, 7) is 10.8. The lowest BCUT2D eigenvalue weighted by molar-refractivity contribution is -0.118. The molecule has 0 bridgehead atoms. The third-order valence-electron chi connectivity index (χ3n) is 5.01. The average Bonchev–Trinajstić information content (AvgIpc) is 3.18. The molecule has 1 aliphatic rings. The van der Waals surface area contributed by atoms with Gasteiger partial charge in [0.15, 0.2) is 12.5 Å². The predicted octanol–water partition coefficient (Wildman–Crippen LogP) is 5.35. The van der Waals surface area contributed by atoms with Crippen LogP contribution >= 0.6 is 11.8 Å². The lowest BCUT2D eigenvalue weighted by atomic mass is 10.1. The molecule has 0 saturated carbocycles. The number of nitrogens with zero attached hydrogens (tertiary/aromatic N) is 2. The Labute approximate surface area is 217 Å². The minimum Gasteiger partial charge on any atom is -0.493 e. The first-order valence-electron chi connectivity index (χ1n) is 11.3. The lowest BCUT2D eigenvalue weighted by Crippen LogP contribution is -2.25. The van der Waals surface area contributed by atoms with Gasteiger partial charge in [0.1, 0.15) is 5.75 Å². The first-order chi connectivity index (χ1) is 16.8. The Kier molecular flexibility index (Phi) is 14.3. The molecule has 9 heteroatoms. The SMILES string of the molecule is C/C=C(/C)N=C(C)CC.Cc1ccnc(CCOc2ccc(CC3SC(=O)NC3=O)cc2)c1.O=S. The number of hydrogen-bond donors (Lipinski definition) is 1. The highest BCUT2D eigenvalue weighted by atomic mass is 32.2. The number of carbonyl (C=O) groups is 2. The van der Waals surface area contributed by atoms with Gasteiger partial charge >= 0.3 is 0 Å². The summed E-state index contributed by atoms with van der Waals surface area (Å²) in [5.74, 6) is 0.571. The molecule has 1 saturated heterocycles. The quantitative estimate of drug-likeness (QED) is 0.473. The zero-order valence-electron chi connectivity index (χ0n) is 20.9. The highest BCUT2D eigenvalue weighted by molar-refractivity contribution is 8.15. The number of imide groups is 1. The van der Waals surface area contributed by atoms with Gasteiger partial charge in [-0.1, -0.05) is 36.9 Å². The van der Waals surface area contributed by atoms with Crippen LogP contribution in [0.2, 0.25) is 0 Å². The van der Waals surface area contributed by atoms with Crippen molar-refractivity contribution < 1.29 is 18.5 Å². The molecule has 1 fully saturated rings. The largest absolute Gasteiger partial charge is 0.493 e. The van der Waals surface area contributed by atoms with Crippen molar-refractivity contribution >= 4 is 41.2 Å². The second kappa shape index (κ2) is 16.7. The van der Waals surface area contributed by atoms with Crippen molar-refractivity contribution in [2.45, 2.75) is 59.1 Å². The molecule has 2 aromatic rings. The summed E-state index contributed by atoms with van der Waals surface area (Å²) in [5, 5.41) is 1.70. The van der Waals surface area contributed by atoms with E-state index in [1.165, 1.54) is 11.3 Å². The van der Waals surface area contributed by atoms with Crippen molar-refractivity contribution in [1.82, 2.24) is 10.3 Å². The Morgan fingerprint density at radius 2 is 1.89 bits per heavy atom. The lowest BCUT2D eigenvalue weighted by Gasteiger charge is -2.09. The number of thioether (sulfide) groups is 1. The number of allylic oxidation sites excluding steroid dienone is 2. The van der Waals surface area contributed by atoms with Crippen molar-refractivity contribution in [3.8, 4) is 5.75 Å². The number of benzene rings is 1. The smallest absolute Gasteiger partial charge is 0.286 e. The standard InChI is InChI=1S/C18H18N2O3S.C8H15N.OS/c1-12-6-8-19-14(10-12)7-9-23-15-4-2-13(3-5-15)11-16-17(21)20-18(22)24-16;1-5-7(3)9-8(4)6-2;1-2/h2-6,8,10,16H,7,9,11H2,1H3,(H,20,21,22);5H,6H2,1-4H3;/b;7-5-,9-8?;. The number of carbonyl (C=O) groups excluding carboxylic acids is 2. The molecule has 1 aromatic heterocycles. The molecule has 3 rings (SSSR count). The average molecular weight is 516 g/mol. The molecule has 0 aliphatic carbocycles. The van der Waals surface area contributed by atoms with E-state index in [2.05, 4.69) is 40.8 Å². The van der Waals surface area contributed by atoms with E-state index >= 15 is 0 Å². The van der Waals surface area contributed by atoms with E-state index in [9.17, 15) is 9.59 Å². The number of ether oxygens (including phenoxy) is 1. The van der Waals surface area contributed by atoms with Gasteiger partial charge in [-0.25, -0.2) is 0 Å². The zero-order chi connectivity index (χ0) is 26.2. The molecular weight excluding hydrogens is 482 g/mol. The van der Waals surface area contributed by atoms with Gasteiger partial charge in [-0.2, -0.15) is 4.21 Å². The number of amides is 2. The summed E-state index contributed by atoms with van der Waals surface area (Å²) in [6.07, 6.45) is 6.16. The van der Waals surface area contributed by atoms with Crippen LogP contribution < -0.4 is 10.1 Å². The molecule has 7 nitrogen and oxygen atoms in total. The maximum absolute atomic E-state index is 11.6. The van der Waals surface area contributed by atoms with Crippen LogP contribution in [-0.4, -0.2) is 37.9 Å². The van der Waals surface area contributed by atoms with Crippen molar-refractivity contribution in [3.63, 3.8) is 0 Å². The Bertz CT molecular complexity index is 1020. The highest BCUT2D eigenvalue weighted by Crippen LogP contribution is 2.23. The number of hydrogen-bond acceptors (Lipinski definition) is 8. The van der Waals surface area contributed by atoms with Crippen LogP contribution in [0.15, 0.2) is 59.4 Å². The molecule has 1 aromatic carbocycles. The van der Waals surface area contributed by atoms with Crippen LogP contribution in [0.1, 0.15) is 50.9 Å². The van der Waals surface area contributed by atoms with Gasteiger partial charge in [-0.05, 0) is 75.9 Å². The highest BCUT2D eigenvalue weighted by Gasteiger charge is 2.31. The third kappa shape index (κ3) is 11.9. The maximum Gasteiger partial charge on any atom is 0.286 e. The van der Waals surface area contributed by atoms with E-state index in [4.69, 9.17) is 8.95 Å². The Morgan fingerprint density at radius 3 is 2.43 bits per heavy atom. The van der Waals surface area contributed by atoms with E-state index in [1.807, 2.05) is 64.1 Å². The maximum atomic E-state index is 11.6. The molecule has 2 heterocycles. The fourth-order valence-electron chi connectivity index (χ4n) is 2.92. The molecule has 0 spiro atoms. The fourth-order valence-corrected chi connectivity index (χ4v) is 3.78. The monoisotopic (exact) mass is 515 g/mol. The Balaban J connectivity index is 0.000000473. The topological polar surface area (TPSA) is 97.7 Å². The molecule has 2 amide bonds. The zero-order valence-corrected chi connectivity index (χ0v) is 22.5. The molecule has 35 heavy (non-hydrogen) atoms. The van der Waals surface area contributed by atoms with Crippen LogP contribution in [0.4, 0.5) is 4.79 Å². The minimum atomic E-state index is -0.336. The molecule has 1 aliphatic heterocycles. The number of rotatable bonds is 8. The Hall–Kier alpha value is -2.91.